The number of imide groups is 1. The van der Waals surface area contributed by atoms with Crippen molar-refractivity contribution in [3.05, 3.63) is 0 Å². The van der Waals surface area contributed by atoms with E-state index in [0.29, 0.717) is 0 Å². The summed E-state index contributed by atoms with van der Waals surface area (Å²) in [4.78, 5) is 26.5. The van der Waals surface area contributed by atoms with Gasteiger partial charge in [0.25, 0.3) is 5.91 Å². The fourth-order valence-corrected chi connectivity index (χ4v) is 2.39. The lowest BCUT2D eigenvalue weighted by Gasteiger charge is -2.30. The third-order valence-electron chi connectivity index (χ3n) is 2.50. The second-order valence-electron chi connectivity index (χ2n) is 4.15. The highest BCUT2D eigenvalue weighted by atomic mass is 32.1. The molecule has 4 nitrogen and oxygen atoms in total. The van der Waals surface area contributed by atoms with Crippen LogP contribution in [0.15, 0.2) is 0 Å². The van der Waals surface area contributed by atoms with Gasteiger partial charge in [-0.1, -0.05) is 0 Å². The van der Waals surface area contributed by atoms with Crippen molar-refractivity contribution in [2.75, 3.05) is 0 Å². The number of hydrogen-bond donors (Lipinski definition) is 2. The largest absolute Gasteiger partial charge is 0.329 e. The van der Waals surface area contributed by atoms with Gasteiger partial charge in [-0.2, -0.15) is 25.3 Å². The van der Waals surface area contributed by atoms with Crippen LogP contribution >= 0.6 is 25.3 Å². The topological polar surface area (TPSA) is 40.6 Å². The molecule has 1 rings (SSSR count). The molecule has 6 heteroatoms. The maximum atomic E-state index is 12.0. The first kappa shape index (κ1) is 12.7. The number of hydrogen-bond acceptors (Lipinski definition) is 4. The van der Waals surface area contributed by atoms with Gasteiger partial charge in [-0.15, -0.1) is 0 Å². The van der Waals surface area contributed by atoms with Gasteiger partial charge in [0.2, 0.25) is 0 Å². The molecule has 0 aromatic heterocycles. The Morgan fingerprint density at radius 3 is 1.80 bits per heavy atom. The molecule has 0 saturated carbocycles. The number of carbonyl (C=O) groups excluding carboxylic acids is 2. The van der Waals surface area contributed by atoms with Crippen LogP contribution in [-0.4, -0.2) is 38.0 Å². The molecule has 0 aromatic carbocycles. The van der Waals surface area contributed by atoms with Gasteiger partial charge in [0.05, 0.1) is 10.7 Å². The average molecular weight is 248 g/mol. The molecule has 0 radical (unpaired) electrons. The zero-order valence-corrected chi connectivity index (χ0v) is 11.0. The highest BCUT2D eigenvalue weighted by molar-refractivity contribution is 7.81. The standard InChI is InChI=1S/C9H16N2O2S2/c1-5(14)10-7(12)9(3,4)11(6(2)15)8(10)13/h5-6,14-15H,1-4H3. The Kier molecular flexibility index (Phi) is 3.30. The molecule has 1 heterocycles. The van der Waals surface area contributed by atoms with Crippen molar-refractivity contribution in [2.45, 2.75) is 44.0 Å². The molecule has 86 valence electrons. The monoisotopic (exact) mass is 248 g/mol. The van der Waals surface area contributed by atoms with Gasteiger partial charge in [-0.25, -0.2) is 9.69 Å². The highest BCUT2D eigenvalue weighted by Crippen LogP contribution is 2.32. The SMILES string of the molecule is CC(S)N1C(=O)N(C(C)S)C(C)(C)C1=O. The maximum Gasteiger partial charge on any atom is 0.329 e. The molecule has 15 heavy (non-hydrogen) atoms. The maximum absolute atomic E-state index is 12.0. The van der Waals surface area contributed by atoms with Crippen LogP contribution in [0.5, 0.6) is 0 Å². The van der Waals surface area contributed by atoms with Gasteiger partial charge in [0.1, 0.15) is 5.54 Å². The van der Waals surface area contributed by atoms with E-state index >= 15 is 0 Å². The number of thiol groups is 2. The van der Waals surface area contributed by atoms with E-state index in [1.54, 1.807) is 27.7 Å². The Balaban J connectivity index is 3.14. The lowest BCUT2D eigenvalue weighted by Crippen LogP contribution is -2.47. The van der Waals surface area contributed by atoms with Gasteiger partial charge in [0, 0.05) is 0 Å². The minimum absolute atomic E-state index is 0.226. The summed E-state index contributed by atoms with van der Waals surface area (Å²) in [6, 6.07) is -0.324. The van der Waals surface area contributed by atoms with Crippen molar-refractivity contribution in [1.82, 2.24) is 9.80 Å². The molecule has 0 aromatic rings. The molecule has 1 aliphatic heterocycles. The number of urea groups is 1. The lowest BCUT2D eigenvalue weighted by molar-refractivity contribution is -0.132. The molecular weight excluding hydrogens is 232 g/mol. The van der Waals surface area contributed by atoms with Crippen LogP contribution in [0.3, 0.4) is 0 Å². The van der Waals surface area contributed by atoms with Crippen molar-refractivity contribution in [3.8, 4) is 0 Å². The molecule has 2 atom stereocenters. The van der Waals surface area contributed by atoms with Gasteiger partial charge in [-0.05, 0) is 27.7 Å². The lowest BCUT2D eigenvalue weighted by atomic mass is 10.0. The van der Waals surface area contributed by atoms with Crippen LogP contribution in [0.1, 0.15) is 27.7 Å². The third kappa shape index (κ3) is 1.85. The number of carbonyl (C=O) groups is 2. The number of nitrogens with zero attached hydrogens (tertiary/aromatic N) is 2. The fourth-order valence-electron chi connectivity index (χ4n) is 1.80. The smallest absolute Gasteiger partial charge is 0.299 e. The van der Waals surface area contributed by atoms with E-state index in [-0.39, 0.29) is 17.3 Å². The van der Waals surface area contributed by atoms with Crippen molar-refractivity contribution >= 4 is 37.2 Å². The van der Waals surface area contributed by atoms with Crippen LogP contribution in [0.4, 0.5) is 4.79 Å². The summed E-state index contributed by atoms with van der Waals surface area (Å²) in [5.74, 6) is -0.226. The molecule has 0 aliphatic carbocycles. The second-order valence-corrected chi connectivity index (χ2v) is 5.65. The molecule has 1 saturated heterocycles. The van der Waals surface area contributed by atoms with Crippen molar-refractivity contribution in [2.24, 2.45) is 0 Å². The van der Waals surface area contributed by atoms with Gasteiger partial charge in [-0.3, -0.25) is 9.69 Å². The van der Waals surface area contributed by atoms with E-state index in [9.17, 15) is 9.59 Å². The second kappa shape index (κ2) is 3.90. The summed E-state index contributed by atoms with van der Waals surface area (Å²) in [7, 11) is 0. The Morgan fingerprint density at radius 1 is 1.13 bits per heavy atom. The van der Waals surface area contributed by atoms with Crippen LogP contribution < -0.4 is 0 Å². The van der Waals surface area contributed by atoms with E-state index in [1.165, 1.54) is 4.90 Å². The Labute approximate surface area is 101 Å². The van der Waals surface area contributed by atoms with Gasteiger partial charge < -0.3 is 0 Å². The highest BCUT2D eigenvalue weighted by Gasteiger charge is 2.53. The molecule has 1 fully saturated rings. The minimum atomic E-state index is -0.838. The van der Waals surface area contributed by atoms with E-state index in [1.807, 2.05) is 0 Å². The average Bonchev–Trinajstić information content (AvgIpc) is 2.17. The molecule has 0 bridgehead atoms. The minimum Gasteiger partial charge on any atom is -0.299 e. The molecule has 1 aliphatic rings. The van der Waals surface area contributed by atoms with Gasteiger partial charge >= 0.3 is 6.03 Å². The first-order valence-corrected chi connectivity index (χ1v) is 5.77. The molecule has 3 amide bonds. The van der Waals surface area contributed by atoms with E-state index in [0.717, 1.165) is 4.90 Å². The predicted octanol–water partition coefficient (Wildman–Crippen LogP) is 1.58. The Bertz CT molecular complexity index is 302. The Hall–Kier alpha value is -0.360. The first-order valence-electron chi connectivity index (χ1n) is 4.74. The zero-order chi connectivity index (χ0) is 12.0. The summed E-state index contributed by atoms with van der Waals surface area (Å²) in [6.45, 7) is 6.90. The molecule has 0 spiro atoms. The van der Waals surface area contributed by atoms with Crippen LogP contribution in [0.25, 0.3) is 0 Å². The third-order valence-corrected chi connectivity index (χ3v) is 2.97. The fraction of sp³-hybridized carbons (Fsp3) is 0.778. The van der Waals surface area contributed by atoms with E-state index in [4.69, 9.17) is 0 Å². The summed E-state index contributed by atoms with van der Waals surface area (Å²) in [5.41, 5.74) is -0.838. The normalized spacial score (nSPS) is 24.7. The molecule has 0 N–H and O–H groups in total. The van der Waals surface area contributed by atoms with Crippen LogP contribution in [-0.2, 0) is 4.79 Å². The summed E-state index contributed by atoms with van der Waals surface area (Å²) >= 11 is 8.35. The molecule has 2 unspecified atom stereocenters. The first-order chi connectivity index (χ1) is 6.71. The van der Waals surface area contributed by atoms with Crippen molar-refractivity contribution < 1.29 is 9.59 Å². The Morgan fingerprint density at radius 2 is 1.60 bits per heavy atom. The van der Waals surface area contributed by atoms with Crippen molar-refractivity contribution in [1.29, 1.82) is 0 Å². The van der Waals surface area contributed by atoms with Gasteiger partial charge in [0.15, 0.2) is 0 Å². The zero-order valence-electron chi connectivity index (χ0n) is 9.26. The number of amides is 3. The van der Waals surface area contributed by atoms with Crippen LogP contribution in [0.2, 0.25) is 0 Å². The van der Waals surface area contributed by atoms with E-state index in [2.05, 4.69) is 25.3 Å². The molecular formula is C9H16N2O2S2. The number of rotatable bonds is 2. The van der Waals surface area contributed by atoms with Crippen LogP contribution in [0, 0.1) is 0 Å². The predicted molar refractivity (Wildman–Crippen MR) is 65.1 cm³/mol. The van der Waals surface area contributed by atoms with Crippen molar-refractivity contribution in [3.63, 3.8) is 0 Å². The van der Waals surface area contributed by atoms with E-state index < -0.39 is 10.9 Å². The summed E-state index contributed by atoms with van der Waals surface area (Å²) < 4.78 is 0. The summed E-state index contributed by atoms with van der Waals surface area (Å²) in [5, 5.41) is -0.713. The quantitative estimate of drug-likeness (QED) is 0.575. The summed E-state index contributed by atoms with van der Waals surface area (Å²) in [6.07, 6.45) is 0.